The molecular formula is C26H24N2O4. The van der Waals surface area contributed by atoms with Crippen molar-refractivity contribution in [2.75, 3.05) is 0 Å². The maximum Gasteiger partial charge on any atom is 0.303 e. The first-order valence-corrected chi connectivity index (χ1v) is 10.5. The molecule has 0 spiro atoms. The third-order valence-corrected chi connectivity index (χ3v) is 5.90. The molecule has 3 aromatic rings. The predicted molar refractivity (Wildman–Crippen MR) is 121 cm³/mol. The van der Waals surface area contributed by atoms with Gasteiger partial charge in [0.2, 0.25) is 11.8 Å². The summed E-state index contributed by atoms with van der Waals surface area (Å²) in [6.45, 7) is 0.160. The second kappa shape index (κ2) is 9.06. The van der Waals surface area contributed by atoms with Crippen molar-refractivity contribution < 1.29 is 19.5 Å². The number of hydrogen-bond donors (Lipinski definition) is 2. The summed E-state index contributed by atoms with van der Waals surface area (Å²) in [4.78, 5) is 39.1. The summed E-state index contributed by atoms with van der Waals surface area (Å²) in [6, 6.07) is 23.8. The van der Waals surface area contributed by atoms with Crippen LogP contribution in [0.2, 0.25) is 0 Å². The number of primary amides is 1. The fraction of sp³-hybridized carbons (Fsp3) is 0.192. The molecule has 0 fully saturated rings. The highest BCUT2D eigenvalue weighted by Gasteiger charge is 2.39. The molecule has 1 aliphatic rings. The lowest BCUT2D eigenvalue weighted by atomic mass is 9.93. The van der Waals surface area contributed by atoms with Crippen LogP contribution in [0.3, 0.4) is 0 Å². The number of hydrogen-bond acceptors (Lipinski definition) is 3. The van der Waals surface area contributed by atoms with Crippen LogP contribution in [0.15, 0.2) is 78.9 Å². The first kappa shape index (κ1) is 21.3. The molecule has 3 aromatic carbocycles. The number of rotatable bonds is 8. The summed E-state index contributed by atoms with van der Waals surface area (Å²) in [5.74, 6) is -2.60. The molecule has 0 radical (unpaired) electrons. The van der Waals surface area contributed by atoms with Gasteiger partial charge in [0, 0.05) is 13.0 Å². The van der Waals surface area contributed by atoms with E-state index in [1.807, 2.05) is 78.9 Å². The Bertz CT molecular complexity index is 1110. The summed E-state index contributed by atoms with van der Waals surface area (Å²) in [5.41, 5.74) is 10.2. The van der Waals surface area contributed by atoms with Crippen molar-refractivity contribution in [2.45, 2.75) is 31.3 Å². The van der Waals surface area contributed by atoms with Gasteiger partial charge < -0.3 is 15.7 Å². The van der Waals surface area contributed by atoms with E-state index in [9.17, 15) is 19.5 Å². The molecular weight excluding hydrogens is 404 g/mol. The monoisotopic (exact) mass is 428 g/mol. The second-order valence-corrected chi connectivity index (χ2v) is 7.91. The van der Waals surface area contributed by atoms with Gasteiger partial charge in [0.05, 0.1) is 5.92 Å². The van der Waals surface area contributed by atoms with Gasteiger partial charge in [-0.25, -0.2) is 0 Å². The number of nitrogens with two attached hydrogens (primary N) is 1. The Hall–Kier alpha value is -3.93. The molecule has 32 heavy (non-hydrogen) atoms. The molecule has 0 saturated carbocycles. The van der Waals surface area contributed by atoms with Crippen molar-refractivity contribution in [3.05, 3.63) is 95.6 Å². The normalized spacial score (nSPS) is 13.1. The molecule has 0 unspecified atom stereocenters. The third kappa shape index (κ3) is 4.12. The minimum absolute atomic E-state index is 0.0424. The SMILES string of the molecule is NC(=O)[C@H](CCC(=O)O)N(Cc1ccccc1)C(=O)C1c2ccccc2-c2ccccc21. The van der Waals surface area contributed by atoms with E-state index in [0.717, 1.165) is 27.8 Å². The highest BCUT2D eigenvalue weighted by Crippen LogP contribution is 2.45. The second-order valence-electron chi connectivity index (χ2n) is 7.91. The van der Waals surface area contributed by atoms with Crippen LogP contribution in [-0.4, -0.2) is 33.8 Å². The lowest BCUT2D eigenvalue weighted by Gasteiger charge is -2.32. The zero-order valence-corrected chi connectivity index (χ0v) is 17.5. The molecule has 3 N–H and O–H groups in total. The summed E-state index contributed by atoms with van der Waals surface area (Å²) in [6.07, 6.45) is -0.302. The Morgan fingerprint density at radius 3 is 1.91 bits per heavy atom. The fourth-order valence-electron chi connectivity index (χ4n) is 4.42. The van der Waals surface area contributed by atoms with Gasteiger partial charge in [-0.15, -0.1) is 0 Å². The zero-order valence-electron chi connectivity index (χ0n) is 17.5. The number of carbonyl (C=O) groups excluding carboxylic acids is 2. The Morgan fingerprint density at radius 1 is 0.844 bits per heavy atom. The minimum Gasteiger partial charge on any atom is -0.481 e. The number of nitrogens with zero attached hydrogens (tertiary/aromatic N) is 1. The summed E-state index contributed by atoms with van der Waals surface area (Å²) < 4.78 is 0. The maximum atomic E-state index is 14.0. The van der Waals surface area contributed by atoms with Gasteiger partial charge in [0.1, 0.15) is 6.04 Å². The smallest absolute Gasteiger partial charge is 0.303 e. The Balaban J connectivity index is 1.77. The zero-order chi connectivity index (χ0) is 22.7. The molecule has 1 atom stereocenters. The van der Waals surface area contributed by atoms with E-state index in [1.54, 1.807) is 0 Å². The lowest BCUT2D eigenvalue weighted by molar-refractivity contribution is -0.143. The van der Waals surface area contributed by atoms with Crippen LogP contribution >= 0.6 is 0 Å². The van der Waals surface area contributed by atoms with Gasteiger partial charge >= 0.3 is 5.97 Å². The van der Waals surface area contributed by atoms with Gasteiger partial charge in [-0.1, -0.05) is 78.9 Å². The number of fused-ring (bicyclic) bond motifs is 3. The molecule has 0 heterocycles. The van der Waals surface area contributed by atoms with Crippen molar-refractivity contribution in [3.8, 4) is 11.1 Å². The Morgan fingerprint density at radius 2 is 1.38 bits per heavy atom. The van der Waals surface area contributed by atoms with Crippen molar-refractivity contribution in [2.24, 2.45) is 5.73 Å². The average molecular weight is 428 g/mol. The molecule has 162 valence electrons. The summed E-state index contributed by atoms with van der Waals surface area (Å²) >= 11 is 0. The fourth-order valence-corrected chi connectivity index (χ4v) is 4.42. The van der Waals surface area contributed by atoms with Crippen LogP contribution in [0.4, 0.5) is 0 Å². The highest BCUT2D eigenvalue weighted by molar-refractivity contribution is 5.98. The van der Waals surface area contributed by atoms with Crippen LogP contribution in [-0.2, 0) is 20.9 Å². The van der Waals surface area contributed by atoms with Crippen molar-refractivity contribution in [3.63, 3.8) is 0 Å². The molecule has 2 amide bonds. The van der Waals surface area contributed by atoms with Crippen LogP contribution in [0.25, 0.3) is 11.1 Å². The van der Waals surface area contributed by atoms with Gasteiger partial charge in [0.25, 0.3) is 0 Å². The van der Waals surface area contributed by atoms with Gasteiger partial charge in [-0.2, -0.15) is 0 Å². The molecule has 4 rings (SSSR count). The number of aliphatic carboxylic acids is 1. The van der Waals surface area contributed by atoms with Crippen molar-refractivity contribution in [1.82, 2.24) is 4.90 Å². The van der Waals surface area contributed by atoms with E-state index in [-0.39, 0.29) is 25.3 Å². The van der Waals surface area contributed by atoms with Crippen LogP contribution < -0.4 is 5.73 Å². The topological polar surface area (TPSA) is 101 Å². The Labute approximate surface area is 186 Å². The molecule has 6 heteroatoms. The highest BCUT2D eigenvalue weighted by atomic mass is 16.4. The minimum atomic E-state index is -1.04. The van der Waals surface area contributed by atoms with E-state index >= 15 is 0 Å². The number of carboxylic acid groups (broad SMARTS) is 1. The summed E-state index contributed by atoms with van der Waals surface area (Å²) in [5, 5.41) is 9.17. The van der Waals surface area contributed by atoms with Crippen LogP contribution in [0, 0.1) is 0 Å². The van der Waals surface area contributed by atoms with Gasteiger partial charge in [0.15, 0.2) is 0 Å². The van der Waals surface area contributed by atoms with Crippen LogP contribution in [0.5, 0.6) is 0 Å². The largest absolute Gasteiger partial charge is 0.481 e. The first-order valence-electron chi connectivity index (χ1n) is 10.5. The molecule has 0 aromatic heterocycles. The molecule has 1 aliphatic carbocycles. The van der Waals surface area contributed by atoms with E-state index in [1.165, 1.54) is 4.90 Å². The lowest BCUT2D eigenvalue weighted by Crippen LogP contribution is -2.49. The number of benzene rings is 3. The quantitative estimate of drug-likeness (QED) is 0.573. The number of carbonyl (C=O) groups is 3. The van der Waals surface area contributed by atoms with Crippen molar-refractivity contribution in [1.29, 1.82) is 0 Å². The van der Waals surface area contributed by atoms with E-state index in [4.69, 9.17) is 5.73 Å². The first-order chi connectivity index (χ1) is 15.5. The van der Waals surface area contributed by atoms with Gasteiger partial charge in [-0.05, 0) is 34.2 Å². The number of amides is 2. The van der Waals surface area contributed by atoms with E-state index in [2.05, 4.69) is 0 Å². The maximum absolute atomic E-state index is 14.0. The van der Waals surface area contributed by atoms with Crippen LogP contribution in [0.1, 0.15) is 35.4 Å². The average Bonchev–Trinajstić information content (AvgIpc) is 3.13. The molecule has 0 aliphatic heterocycles. The van der Waals surface area contributed by atoms with E-state index < -0.39 is 23.8 Å². The van der Waals surface area contributed by atoms with E-state index in [0.29, 0.717) is 0 Å². The third-order valence-electron chi connectivity index (χ3n) is 5.90. The predicted octanol–water partition coefficient (Wildman–Crippen LogP) is 3.55. The molecule has 0 bridgehead atoms. The van der Waals surface area contributed by atoms with Gasteiger partial charge in [-0.3, -0.25) is 14.4 Å². The molecule has 0 saturated heterocycles. The summed E-state index contributed by atoms with van der Waals surface area (Å²) in [7, 11) is 0. The standard InChI is InChI=1S/C26H24N2O4/c27-25(31)22(14-15-23(29)30)28(16-17-8-2-1-3-9-17)26(32)24-20-12-6-4-10-18(20)19-11-5-7-13-21(19)24/h1-13,22,24H,14-16H2,(H2,27,31)(H,29,30)/t22-/m0/s1. The van der Waals surface area contributed by atoms with Crippen molar-refractivity contribution >= 4 is 17.8 Å². The molecule has 6 nitrogen and oxygen atoms in total. The number of carboxylic acids is 1. The Kier molecular flexibility index (Phi) is 6.03.